The van der Waals surface area contributed by atoms with E-state index in [-0.39, 0.29) is 5.75 Å². The Bertz CT molecular complexity index is 1190. The number of rotatable bonds is 4. The topological polar surface area (TPSA) is 121 Å². The SMILES string of the molecule is O=[N+]([O-])c1cc(C(F)(F)F)cnc1Cl.O=[N+]([O-])c1cc(C(F)(F)F)cnc1Oc1ccccc1. The number of pyridine rings is 2. The van der Waals surface area contributed by atoms with Gasteiger partial charge in [-0.05, 0) is 12.1 Å². The van der Waals surface area contributed by atoms with Crippen LogP contribution in [-0.4, -0.2) is 19.8 Å². The quantitative estimate of drug-likeness (QED) is 0.171. The third kappa shape index (κ3) is 6.99. The zero-order valence-corrected chi connectivity index (χ0v) is 16.9. The average Bonchev–Trinajstić information content (AvgIpc) is 2.73. The van der Waals surface area contributed by atoms with E-state index in [9.17, 15) is 46.6 Å². The van der Waals surface area contributed by atoms with Crippen molar-refractivity contribution < 1.29 is 40.9 Å². The second kappa shape index (κ2) is 10.3. The molecule has 0 saturated heterocycles. The average molecular weight is 511 g/mol. The van der Waals surface area contributed by atoms with Gasteiger partial charge >= 0.3 is 23.7 Å². The number of nitro groups is 2. The molecule has 3 aromatic rings. The molecule has 16 heteroatoms. The molecule has 0 aliphatic heterocycles. The monoisotopic (exact) mass is 510 g/mol. The van der Waals surface area contributed by atoms with E-state index < -0.39 is 55.7 Å². The van der Waals surface area contributed by atoms with E-state index >= 15 is 0 Å². The van der Waals surface area contributed by atoms with Crippen molar-refractivity contribution in [2.24, 2.45) is 0 Å². The molecule has 0 spiro atoms. The van der Waals surface area contributed by atoms with Crippen LogP contribution in [0, 0.1) is 20.2 Å². The van der Waals surface area contributed by atoms with Crippen LogP contribution in [0.5, 0.6) is 11.6 Å². The van der Waals surface area contributed by atoms with Gasteiger partial charge in [-0.15, -0.1) is 0 Å². The number of benzene rings is 1. The highest BCUT2D eigenvalue weighted by Crippen LogP contribution is 2.36. The van der Waals surface area contributed by atoms with E-state index in [4.69, 9.17) is 16.3 Å². The first-order valence-corrected chi connectivity index (χ1v) is 8.89. The Hall–Kier alpha value is -4.01. The van der Waals surface area contributed by atoms with Crippen molar-refractivity contribution in [3.05, 3.63) is 91.4 Å². The molecule has 2 heterocycles. The predicted molar refractivity (Wildman–Crippen MR) is 103 cm³/mol. The minimum atomic E-state index is -4.71. The second-order valence-electron chi connectivity index (χ2n) is 6.01. The molecule has 0 atom stereocenters. The summed E-state index contributed by atoms with van der Waals surface area (Å²) in [5.74, 6) is -0.253. The Kier molecular flexibility index (Phi) is 7.94. The molecule has 0 aliphatic carbocycles. The maximum atomic E-state index is 12.5. The Morgan fingerprint density at radius 2 is 1.26 bits per heavy atom. The zero-order chi connectivity index (χ0) is 25.7. The molecular formula is C18H9ClF6N4O5. The normalized spacial score (nSPS) is 11.3. The van der Waals surface area contributed by atoms with Crippen LogP contribution >= 0.6 is 11.6 Å². The van der Waals surface area contributed by atoms with Gasteiger partial charge < -0.3 is 4.74 Å². The summed E-state index contributed by atoms with van der Waals surface area (Å²) >= 11 is 5.22. The highest BCUT2D eigenvalue weighted by Gasteiger charge is 2.35. The molecule has 0 saturated carbocycles. The lowest BCUT2D eigenvalue weighted by atomic mass is 10.2. The van der Waals surface area contributed by atoms with E-state index in [2.05, 4.69) is 9.97 Å². The van der Waals surface area contributed by atoms with Gasteiger partial charge in [-0.2, -0.15) is 26.3 Å². The number of hydrogen-bond donors (Lipinski definition) is 0. The molecule has 1 aromatic carbocycles. The molecule has 0 fully saturated rings. The third-order valence-electron chi connectivity index (χ3n) is 3.66. The molecule has 3 rings (SSSR count). The summed E-state index contributed by atoms with van der Waals surface area (Å²) < 4.78 is 78.7. The van der Waals surface area contributed by atoms with Gasteiger partial charge in [0.1, 0.15) is 5.75 Å². The van der Waals surface area contributed by atoms with Gasteiger partial charge in [0, 0.05) is 24.5 Å². The van der Waals surface area contributed by atoms with Gasteiger partial charge in [0.05, 0.1) is 21.0 Å². The van der Waals surface area contributed by atoms with Gasteiger partial charge in [-0.3, -0.25) is 20.2 Å². The number of nitrogens with zero attached hydrogens (tertiary/aromatic N) is 4. The van der Waals surface area contributed by atoms with E-state index in [0.29, 0.717) is 24.5 Å². The van der Waals surface area contributed by atoms with Crippen LogP contribution in [0.4, 0.5) is 37.7 Å². The minimum Gasteiger partial charge on any atom is -0.434 e. The smallest absolute Gasteiger partial charge is 0.418 e. The van der Waals surface area contributed by atoms with Crippen LogP contribution in [0.2, 0.25) is 5.15 Å². The lowest BCUT2D eigenvalue weighted by Gasteiger charge is -2.08. The third-order valence-corrected chi connectivity index (χ3v) is 3.95. The van der Waals surface area contributed by atoms with Crippen LogP contribution in [0.25, 0.3) is 0 Å². The summed E-state index contributed by atoms with van der Waals surface area (Å²) in [6, 6.07) is 8.67. The van der Waals surface area contributed by atoms with Crippen molar-refractivity contribution in [3.8, 4) is 11.6 Å². The molecule has 0 aliphatic rings. The molecule has 0 bridgehead atoms. The standard InChI is InChI=1S/C12H7F3N2O3.C6H2ClF3N2O2/c13-12(14,15)8-6-10(17(18)19)11(16-7-8)20-9-4-2-1-3-5-9;7-5-4(12(13)14)1-3(2-11-5)6(8,9)10/h1-7H;1-2H. The highest BCUT2D eigenvalue weighted by atomic mass is 35.5. The summed E-state index contributed by atoms with van der Waals surface area (Å²) in [7, 11) is 0. The van der Waals surface area contributed by atoms with E-state index in [1.54, 1.807) is 18.2 Å². The molecule has 0 unspecified atom stereocenters. The number of hydrogen-bond acceptors (Lipinski definition) is 7. The fourth-order valence-electron chi connectivity index (χ4n) is 2.12. The highest BCUT2D eigenvalue weighted by molar-refractivity contribution is 6.31. The number of aromatic nitrogens is 2. The zero-order valence-electron chi connectivity index (χ0n) is 16.2. The van der Waals surface area contributed by atoms with Crippen molar-refractivity contribution in [1.29, 1.82) is 0 Å². The summed E-state index contributed by atoms with van der Waals surface area (Å²) in [5.41, 5.74) is -4.11. The number of halogens is 7. The van der Waals surface area contributed by atoms with Crippen molar-refractivity contribution in [2.75, 3.05) is 0 Å². The van der Waals surface area contributed by atoms with Crippen LogP contribution in [-0.2, 0) is 12.4 Å². The summed E-state index contributed by atoms with van der Waals surface area (Å²) in [6.07, 6.45) is -8.44. The van der Waals surface area contributed by atoms with Gasteiger partial charge in [0.25, 0.3) is 5.88 Å². The first-order valence-electron chi connectivity index (χ1n) is 8.51. The van der Waals surface area contributed by atoms with E-state index in [1.807, 2.05) is 0 Å². The van der Waals surface area contributed by atoms with Crippen LogP contribution in [0.3, 0.4) is 0 Å². The lowest BCUT2D eigenvalue weighted by Crippen LogP contribution is -2.07. The maximum Gasteiger partial charge on any atom is 0.418 e. The molecule has 0 amide bonds. The molecule has 9 nitrogen and oxygen atoms in total. The minimum absolute atomic E-state index is 0.239. The molecule has 0 radical (unpaired) electrons. The van der Waals surface area contributed by atoms with Crippen molar-refractivity contribution in [1.82, 2.24) is 9.97 Å². The number of alkyl halides is 6. The Morgan fingerprint density at radius 3 is 1.74 bits per heavy atom. The Balaban J connectivity index is 0.000000257. The number of para-hydroxylation sites is 1. The summed E-state index contributed by atoms with van der Waals surface area (Å²) in [6.45, 7) is 0. The molecule has 0 N–H and O–H groups in total. The largest absolute Gasteiger partial charge is 0.434 e. The van der Waals surface area contributed by atoms with E-state index in [0.717, 1.165) is 0 Å². The summed E-state index contributed by atoms with van der Waals surface area (Å²) in [4.78, 5) is 25.5. The fourth-order valence-corrected chi connectivity index (χ4v) is 2.30. The van der Waals surface area contributed by atoms with Crippen LogP contribution < -0.4 is 4.74 Å². The number of ether oxygens (including phenoxy) is 1. The predicted octanol–water partition coefficient (Wildman–Crippen LogP) is 6.46. The van der Waals surface area contributed by atoms with Gasteiger partial charge in [0.15, 0.2) is 0 Å². The van der Waals surface area contributed by atoms with Crippen molar-refractivity contribution >= 4 is 23.0 Å². The Morgan fingerprint density at radius 1 is 0.794 bits per heavy atom. The second-order valence-corrected chi connectivity index (χ2v) is 6.37. The van der Waals surface area contributed by atoms with Crippen molar-refractivity contribution in [3.63, 3.8) is 0 Å². The summed E-state index contributed by atoms with van der Waals surface area (Å²) in [5, 5.41) is 20.5. The van der Waals surface area contributed by atoms with Gasteiger partial charge in [-0.1, -0.05) is 29.8 Å². The first kappa shape index (κ1) is 26.2. The van der Waals surface area contributed by atoms with E-state index in [1.165, 1.54) is 12.1 Å². The van der Waals surface area contributed by atoms with Crippen LogP contribution in [0.1, 0.15) is 11.1 Å². The van der Waals surface area contributed by atoms with Gasteiger partial charge in [0.2, 0.25) is 5.15 Å². The van der Waals surface area contributed by atoms with Crippen molar-refractivity contribution in [2.45, 2.75) is 12.4 Å². The lowest BCUT2D eigenvalue weighted by molar-refractivity contribution is -0.386. The molecule has 180 valence electrons. The van der Waals surface area contributed by atoms with Crippen LogP contribution in [0.15, 0.2) is 54.9 Å². The Labute approximate surface area is 189 Å². The fraction of sp³-hybridized carbons (Fsp3) is 0.111. The molecule has 34 heavy (non-hydrogen) atoms. The first-order chi connectivity index (χ1) is 15.7. The van der Waals surface area contributed by atoms with Gasteiger partial charge in [-0.25, -0.2) is 9.97 Å². The molecule has 2 aromatic heterocycles. The maximum absolute atomic E-state index is 12.5. The molecular weight excluding hydrogens is 502 g/mol.